The van der Waals surface area contributed by atoms with Gasteiger partial charge >= 0.3 is 0 Å². The number of unbranched alkanes of at least 4 members (excludes halogenated alkanes) is 1. The lowest BCUT2D eigenvalue weighted by atomic mass is 9.76. The standard InChI is InChI=1S/C31H48O/c1-4-9-25-12-14-26(15-13-25)10-7-8-11-27-16-18-28(19-17-27)29-20-22-30(23-21-29)31(6-3)32-24-5-2/h4-5,20-23,25-28,31H,1-2,6-19,24H2,3H3/t25-,26-,27-,28-,31?. The Bertz CT molecular complexity index is 644. The summed E-state index contributed by atoms with van der Waals surface area (Å²) >= 11 is 0. The third-order valence-electron chi connectivity index (χ3n) is 8.35. The molecule has 0 saturated heterocycles. The van der Waals surface area contributed by atoms with Gasteiger partial charge in [-0.2, -0.15) is 0 Å². The van der Waals surface area contributed by atoms with Crippen LogP contribution in [0.15, 0.2) is 49.6 Å². The molecule has 0 amide bonds. The second-order valence-electron chi connectivity index (χ2n) is 10.6. The Kier molecular flexibility index (Phi) is 11.1. The maximum Gasteiger partial charge on any atom is 0.0826 e. The second kappa shape index (κ2) is 14.0. The van der Waals surface area contributed by atoms with Crippen molar-refractivity contribution in [2.75, 3.05) is 6.61 Å². The van der Waals surface area contributed by atoms with E-state index in [1.54, 1.807) is 0 Å². The molecule has 3 rings (SSSR count). The van der Waals surface area contributed by atoms with Crippen LogP contribution in [0.1, 0.15) is 120 Å². The van der Waals surface area contributed by atoms with E-state index in [4.69, 9.17) is 4.74 Å². The third kappa shape index (κ3) is 7.91. The molecule has 2 aliphatic carbocycles. The molecule has 2 fully saturated rings. The minimum absolute atomic E-state index is 0.194. The molecule has 1 aromatic carbocycles. The van der Waals surface area contributed by atoms with Crippen LogP contribution in [-0.4, -0.2) is 6.61 Å². The van der Waals surface area contributed by atoms with Gasteiger partial charge in [-0.1, -0.05) is 81.9 Å². The van der Waals surface area contributed by atoms with Gasteiger partial charge in [-0.15, -0.1) is 13.2 Å². The zero-order valence-electron chi connectivity index (χ0n) is 20.8. The average molecular weight is 437 g/mol. The van der Waals surface area contributed by atoms with Crippen molar-refractivity contribution in [2.24, 2.45) is 17.8 Å². The Morgan fingerprint density at radius 3 is 1.91 bits per heavy atom. The van der Waals surface area contributed by atoms with Gasteiger partial charge in [0.15, 0.2) is 0 Å². The molecule has 32 heavy (non-hydrogen) atoms. The highest BCUT2D eigenvalue weighted by atomic mass is 16.5. The average Bonchev–Trinajstić information content (AvgIpc) is 2.84. The second-order valence-corrected chi connectivity index (χ2v) is 10.6. The van der Waals surface area contributed by atoms with Crippen molar-refractivity contribution in [2.45, 2.75) is 109 Å². The van der Waals surface area contributed by atoms with Crippen LogP contribution in [0.4, 0.5) is 0 Å². The highest BCUT2D eigenvalue weighted by Gasteiger charge is 2.23. The Morgan fingerprint density at radius 1 is 0.812 bits per heavy atom. The number of rotatable bonds is 13. The summed E-state index contributed by atoms with van der Waals surface area (Å²) in [4.78, 5) is 0. The Morgan fingerprint density at radius 2 is 1.38 bits per heavy atom. The van der Waals surface area contributed by atoms with Gasteiger partial charge in [0.2, 0.25) is 0 Å². The summed E-state index contributed by atoms with van der Waals surface area (Å²) in [7, 11) is 0. The van der Waals surface area contributed by atoms with Crippen molar-refractivity contribution in [1.82, 2.24) is 0 Å². The van der Waals surface area contributed by atoms with Crippen LogP contribution in [-0.2, 0) is 4.74 Å². The summed E-state index contributed by atoms with van der Waals surface area (Å²) in [5.74, 6) is 3.70. The van der Waals surface area contributed by atoms with Crippen LogP contribution in [0, 0.1) is 17.8 Å². The lowest BCUT2D eigenvalue weighted by molar-refractivity contribution is 0.0714. The van der Waals surface area contributed by atoms with Gasteiger partial charge in [-0.05, 0) is 86.2 Å². The van der Waals surface area contributed by atoms with Gasteiger partial charge in [0.25, 0.3) is 0 Å². The SMILES string of the molecule is C=CCOC(CC)c1ccc([C@H]2CC[C@H](CCCC[C@H]3CC[C@H](CC=C)CC3)CC2)cc1. The molecular weight excluding hydrogens is 388 g/mol. The van der Waals surface area contributed by atoms with Crippen molar-refractivity contribution in [3.05, 3.63) is 60.7 Å². The van der Waals surface area contributed by atoms with Gasteiger partial charge in [0.1, 0.15) is 0 Å². The molecule has 0 radical (unpaired) electrons. The fourth-order valence-corrected chi connectivity index (χ4v) is 6.26. The molecule has 1 atom stereocenters. The molecule has 1 aromatic rings. The summed E-state index contributed by atoms with van der Waals surface area (Å²) < 4.78 is 5.90. The molecule has 0 spiro atoms. The molecule has 1 nitrogen and oxygen atoms in total. The highest BCUT2D eigenvalue weighted by molar-refractivity contribution is 5.27. The fourth-order valence-electron chi connectivity index (χ4n) is 6.26. The summed E-state index contributed by atoms with van der Waals surface area (Å²) in [6, 6.07) is 9.32. The molecule has 0 bridgehead atoms. The van der Waals surface area contributed by atoms with Gasteiger partial charge in [0, 0.05) is 0 Å². The smallest absolute Gasteiger partial charge is 0.0826 e. The molecule has 1 heteroatoms. The summed E-state index contributed by atoms with van der Waals surface area (Å²) in [5, 5.41) is 0. The lowest BCUT2D eigenvalue weighted by Gasteiger charge is -2.30. The predicted octanol–water partition coefficient (Wildman–Crippen LogP) is 9.56. The maximum absolute atomic E-state index is 5.90. The monoisotopic (exact) mass is 436 g/mol. The molecule has 0 heterocycles. The molecule has 2 saturated carbocycles. The minimum Gasteiger partial charge on any atom is -0.370 e. The van der Waals surface area contributed by atoms with E-state index < -0.39 is 0 Å². The molecule has 2 aliphatic rings. The van der Waals surface area contributed by atoms with E-state index in [2.05, 4.69) is 50.4 Å². The Hall–Kier alpha value is -1.34. The van der Waals surface area contributed by atoms with Crippen molar-refractivity contribution in [1.29, 1.82) is 0 Å². The van der Waals surface area contributed by atoms with E-state index in [1.165, 1.54) is 94.6 Å². The summed E-state index contributed by atoms with van der Waals surface area (Å²) in [5.41, 5.74) is 2.85. The van der Waals surface area contributed by atoms with Crippen molar-refractivity contribution in [3.8, 4) is 0 Å². The quantitative estimate of drug-likeness (QED) is 0.221. The zero-order valence-corrected chi connectivity index (χ0v) is 20.8. The molecular formula is C31H48O. The van der Waals surface area contributed by atoms with E-state index in [9.17, 15) is 0 Å². The maximum atomic E-state index is 5.90. The summed E-state index contributed by atoms with van der Waals surface area (Å²) in [6.45, 7) is 10.5. The minimum atomic E-state index is 0.194. The zero-order chi connectivity index (χ0) is 22.6. The number of benzene rings is 1. The van der Waals surface area contributed by atoms with Crippen LogP contribution in [0.2, 0.25) is 0 Å². The van der Waals surface area contributed by atoms with E-state index in [-0.39, 0.29) is 6.10 Å². The first-order chi connectivity index (χ1) is 15.7. The third-order valence-corrected chi connectivity index (χ3v) is 8.35. The predicted molar refractivity (Wildman–Crippen MR) is 139 cm³/mol. The van der Waals surface area contributed by atoms with Crippen LogP contribution in [0.3, 0.4) is 0 Å². The van der Waals surface area contributed by atoms with E-state index in [1.807, 2.05) is 6.08 Å². The van der Waals surface area contributed by atoms with E-state index >= 15 is 0 Å². The first kappa shape index (κ1) is 25.3. The first-order valence-corrected chi connectivity index (χ1v) is 13.7. The molecule has 0 aliphatic heterocycles. The largest absolute Gasteiger partial charge is 0.370 e. The van der Waals surface area contributed by atoms with Gasteiger partial charge < -0.3 is 4.74 Å². The number of ether oxygens (including phenoxy) is 1. The Balaban J connectivity index is 1.31. The first-order valence-electron chi connectivity index (χ1n) is 13.7. The van der Waals surface area contributed by atoms with Gasteiger partial charge in [-0.25, -0.2) is 0 Å². The summed E-state index contributed by atoms with van der Waals surface area (Å²) in [6.07, 6.45) is 23.7. The van der Waals surface area contributed by atoms with E-state index in [0.717, 1.165) is 30.1 Å². The van der Waals surface area contributed by atoms with Crippen molar-refractivity contribution < 1.29 is 4.74 Å². The normalized spacial score (nSPS) is 27.0. The fraction of sp³-hybridized carbons (Fsp3) is 0.677. The van der Waals surface area contributed by atoms with E-state index in [0.29, 0.717) is 6.61 Å². The molecule has 178 valence electrons. The number of allylic oxidation sites excluding steroid dienone is 1. The number of hydrogen-bond donors (Lipinski definition) is 0. The van der Waals surface area contributed by atoms with Crippen molar-refractivity contribution in [3.63, 3.8) is 0 Å². The van der Waals surface area contributed by atoms with Gasteiger partial charge in [0.05, 0.1) is 12.7 Å². The molecule has 0 N–H and O–H groups in total. The van der Waals surface area contributed by atoms with Crippen LogP contribution < -0.4 is 0 Å². The molecule has 1 unspecified atom stereocenters. The van der Waals surface area contributed by atoms with Gasteiger partial charge in [-0.3, -0.25) is 0 Å². The van der Waals surface area contributed by atoms with Crippen LogP contribution in [0.5, 0.6) is 0 Å². The lowest BCUT2D eigenvalue weighted by Crippen LogP contribution is -2.15. The number of hydrogen-bond acceptors (Lipinski definition) is 1. The van der Waals surface area contributed by atoms with Crippen molar-refractivity contribution >= 4 is 0 Å². The van der Waals surface area contributed by atoms with Crippen LogP contribution in [0.25, 0.3) is 0 Å². The Labute approximate surface area is 198 Å². The van der Waals surface area contributed by atoms with Crippen LogP contribution >= 0.6 is 0 Å². The molecule has 0 aromatic heterocycles. The topological polar surface area (TPSA) is 9.23 Å². The highest BCUT2D eigenvalue weighted by Crippen LogP contribution is 2.39.